The second-order valence-electron chi connectivity index (χ2n) is 5.60. The van der Waals surface area contributed by atoms with Gasteiger partial charge in [-0.3, -0.25) is 9.59 Å². The van der Waals surface area contributed by atoms with Gasteiger partial charge in [-0.15, -0.1) is 0 Å². The van der Waals surface area contributed by atoms with Crippen molar-refractivity contribution < 1.29 is 9.59 Å². The summed E-state index contributed by atoms with van der Waals surface area (Å²) >= 11 is 3.45. The van der Waals surface area contributed by atoms with E-state index in [1.54, 1.807) is 4.90 Å². The summed E-state index contributed by atoms with van der Waals surface area (Å²) in [6.07, 6.45) is 1.19. The summed E-state index contributed by atoms with van der Waals surface area (Å²) in [5.74, 6) is 0.0507. The van der Waals surface area contributed by atoms with Crippen molar-refractivity contribution in [2.45, 2.75) is 39.7 Å². The van der Waals surface area contributed by atoms with Crippen molar-refractivity contribution in [1.82, 2.24) is 5.32 Å². The molecule has 114 valence electrons. The number of carbonyl (C=O) groups excluding carboxylic acids is 2. The monoisotopic (exact) mass is 352 g/mol. The highest BCUT2D eigenvalue weighted by Gasteiger charge is 2.34. The summed E-state index contributed by atoms with van der Waals surface area (Å²) in [7, 11) is 0. The number of rotatable bonds is 3. The molecular formula is C16H21BrN2O2. The number of carbonyl (C=O) groups is 2. The molecule has 1 saturated heterocycles. The Balaban J connectivity index is 2.39. The zero-order valence-electron chi connectivity index (χ0n) is 12.6. The molecule has 4 nitrogen and oxygen atoms in total. The summed E-state index contributed by atoms with van der Waals surface area (Å²) in [4.78, 5) is 26.5. The molecule has 2 unspecified atom stereocenters. The van der Waals surface area contributed by atoms with E-state index in [0.29, 0.717) is 13.0 Å². The number of hydrogen-bond acceptors (Lipinski definition) is 2. The fourth-order valence-electron chi connectivity index (χ4n) is 2.53. The van der Waals surface area contributed by atoms with Gasteiger partial charge in [-0.25, -0.2) is 0 Å². The summed E-state index contributed by atoms with van der Waals surface area (Å²) in [5, 5.41) is 2.87. The van der Waals surface area contributed by atoms with Crippen molar-refractivity contribution >= 4 is 33.4 Å². The minimum Gasteiger partial charge on any atom is -0.344 e. The molecule has 1 N–H and O–H groups in total. The first-order chi connectivity index (χ1) is 9.93. The van der Waals surface area contributed by atoms with Crippen LogP contribution >= 0.6 is 15.9 Å². The molecule has 0 saturated carbocycles. The van der Waals surface area contributed by atoms with Gasteiger partial charge in [0, 0.05) is 23.1 Å². The Hall–Kier alpha value is -1.36. The number of nitrogens with zero attached hydrogens (tertiary/aromatic N) is 1. The molecule has 0 aliphatic carbocycles. The van der Waals surface area contributed by atoms with Gasteiger partial charge in [0.1, 0.15) is 6.04 Å². The van der Waals surface area contributed by atoms with Crippen LogP contribution < -0.4 is 10.2 Å². The zero-order valence-corrected chi connectivity index (χ0v) is 14.2. The lowest BCUT2D eigenvalue weighted by Crippen LogP contribution is -2.48. The largest absolute Gasteiger partial charge is 0.344 e. The molecule has 2 atom stereocenters. The predicted octanol–water partition coefficient (Wildman–Crippen LogP) is 3.03. The van der Waals surface area contributed by atoms with Gasteiger partial charge in [0.05, 0.1) is 0 Å². The smallest absolute Gasteiger partial charge is 0.249 e. The molecule has 1 aromatic carbocycles. The molecule has 5 heteroatoms. The Morgan fingerprint density at radius 2 is 2.14 bits per heavy atom. The van der Waals surface area contributed by atoms with E-state index in [0.717, 1.165) is 22.1 Å². The first kappa shape index (κ1) is 16.0. The summed E-state index contributed by atoms with van der Waals surface area (Å²) in [5.41, 5.74) is 1.91. The van der Waals surface area contributed by atoms with Crippen molar-refractivity contribution in [3.05, 3.63) is 28.2 Å². The number of anilines is 1. The Labute approximate surface area is 134 Å². The highest BCUT2D eigenvalue weighted by molar-refractivity contribution is 9.10. The average Bonchev–Trinajstić information content (AvgIpc) is 2.60. The van der Waals surface area contributed by atoms with Crippen molar-refractivity contribution in [3.8, 4) is 0 Å². The summed E-state index contributed by atoms with van der Waals surface area (Å²) in [6.45, 7) is 6.44. The lowest BCUT2D eigenvalue weighted by molar-refractivity contribution is -0.126. The van der Waals surface area contributed by atoms with Gasteiger partial charge >= 0.3 is 0 Å². The normalized spacial score (nSPS) is 21.0. The van der Waals surface area contributed by atoms with Crippen molar-refractivity contribution in [2.24, 2.45) is 5.92 Å². The first-order valence-electron chi connectivity index (χ1n) is 7.31. The zero-order chi connectivity index (χ0) is 15.6. The van der Waals surface area contributed by atoms with Gasteiger partial charge < -0.3 is 10.2 Å². The number of halogens is 1. The second-order valence-corrected chi connectivity index (χ2v) is 6.52. The molecule has 1 aliphatic heterocycles. The Morgan fingerprint density at radius 3 is 2.81 bits per heavy atom. The van der Waals surface area contributed by atoms with Crippen LogP contribution in [0.15, 0.2) is 22.7 Å². The highest BCUT2D eigenvalue weighted by Crippen LogP contribution is 2.27. The molecule has 2 amide bonds. The molecule has 21 heavy (non-hydrogen) atoms. The van der Waals surface area contributed by atoms with Crippen LogP contribution in [0.25, 0.3) is 0 Å². The van der Waals surface area contributed by atoms with E-state index in [-0.39, 0.29) is 17.7 Å². The van der Waals surface area contributed by atoms with Crippen molar-refractivity contribution in [2.75, 3.05) is 11.4 Å². The SMILES string of the molecule is CCC(C)C1NC(=O)CCN(c2cc(Br)ccc2C)C1=O. The van der Waals surface area contributed by atoms with Crippen LogP contribution in [-0.4, -0.2) is 24.4 Å². The van der Waals surface area contributed by atoms with Crippen LogP contribution in [0.1, 0.15) is 32.3 Å². The maximum Gasteiger partial charge on any atom is 0.249 e. The van der Waals surface area contributed by atoms with Gasteiger partial charge in [-0.05, 0) is 30.5 Å². The van der Waals surface area contributed by atoms with Gasteiger partial charge in [-0.2, -0.15) is 0 Å². The van der Waals surface area contributed by atoms with Crippen molar-refractivity contribution in [1.29, 1.82) is 0 Å². The quantitative estimate of drug-likeness (QED) is 0.908. The molecule has 2 rings (SSSR count). The maximum atomic E-state index is 12.9. The standard InChI is InChI=1S/C16H21BrN2O2/c1-4-10(2)15-16(21)19(8-7-14(20)18-15)13-9-12(17)6-5-11(13)3/h5-6,9-10,15H,4,7-8H2,1-3H3,(H,18,20). The van der Waals surface area contributed by atoms with Crippen molar-refractivity contribution in [3.63, 3.8) is 0 Å². The summed E-state index contributed by atoms with van der Waals surface area (Å²) in [6, 6.07) is 5.43. The average molecular weight is 353 g/mol. The summed E-state index contributed by atoms with van der Waals surface area (Å²) < 4.78 is 0.930. The molecule has 1 heterocycles. The van der Waals surface area contributed by atoms with E-state index in [1.807, 2.05) is 39.0 Å². The fraction of sp³-hybridized carbons (Fsp3) is 0.500. The van der Waals surface area contributed by atoms with Gasteiger partial charge in [0.2, 0.25) is 11.8 Å². The Bertz CT molecular complexity index is 559. The molecular weight excluding hydrogens is 332 g/mol. The molecule has 1 aliphatic rings. The molecule has 0 bridgehead atoms. The third kappa shape index (κ3) is 3.46. The molecule has 1 fully saturated rings. The molecule has 0 aromatic heterocycles. The maximum absolute atomic E-state index is 12.9. The van der Waals surface area contributed by atoms with Gasteiger partial charge in [0.15, 0.2) is 0 Å². The van der Waals surface area contributed by atoms with E-state index >= 15 is 0 Å². The number of aryl methyl sites for hydroxylation is 1. The van der Waals surface area contributed by atoms with E-state index in [2.05, 4.69) is 21.2 Å². The van der Waals surface area contributed by atoms with E-state index < -0.39 is 6.04 Å². The van der Waals surface area contributed by atoms with Crippen LogP contribution in [0.4, 0.5) is 5.69 Å². The number of benzene rings is 1. The molecule has 0 spiro atoms. The third-order valence-corrected chi connectivity index (χ3v) is 4.58. The molecule has 1 aromatic rings. The Kier molecular flexibility index (Phi) is 5.04. The lowest BCUT2D eigenvalue weighted by Gasteiger charge is -2.28. The van der Waals surface area contributed by atoms with E-state index in [9.17, 15) is 9.59 Å². The van der Waals surface area contributed by atoms with Crippen LogP contribution in [0.3, 0.4) is 0 Å². The number of nitrogens with one attached hydrogen (secondary N) is 1. The number of amides is 2. The minimum atomic E-state index is -0.441. The van der Waals surface area contributed by atoms with E-state index in [4.69, 9.17) is 0 Å². The third-order valence-electron chi connectivity index (χ3n) is 4.09. The Morgan fingerprint density at radius 1 is 1.43 bits per heavy atom. The van der Waals surface area contributed by atoms with Crippen LogP contribution in [0.5, 0.6) is 0 Å². The first-order valence-corrected chi connectivity index (χ1v) is 8.10. The van der Waals surface area contributed by atoms with E-state index in [1.165, 1.54) is 0 Å². The van der Waals surface area contributed by atoms with Crippen LogP contribution in [0.2, 0.25) is 0 Å². The molecule has 0 radical (unpaired) electrons. The fourth-order valence-corrected chi connectivity index (χ4v) is 2.88. The number of hydrogen-bond donors (Lipinski definition) is 1. The lowest BCUT2D eigenvalue weighted by atomic mass is 9.97. The van der Waals surface area contributed by atoms with Gasteiger partial charge in [0.25, 0.3) is 0 Å². The topological polar surface area (TPSA) is 49.4 Å². The van der Waals surface area contributed by atoms with Crippen LogP contribution in [-0.2, 0) is 9.59 Å². The van der Waals surface area contributed by atoms with Crippen LogP contribution in [0, 0.1) is 12.8 Å². The minimum absolute atomic E-state index is 0.0172. The highest BCUT2D eigenvalue weighted by atomic mass is 79.9. The van der Waals surface area contributed by atoms with Gasteiger partial charge in [-0.1, -0.05) is 42.3 Å². The second kappa shape index (κ2) is 6.60. The predicted molar refractivity (Wildman–Crippen MR) is 87.2 cm³/mol.